The van der Waals surface area contributed by atoms with E-state index in [-0.39, 0.29) is 12.5 Å². The molecule has 1 aliphatic rings. The molecule has 0 fully saturated rings. The zero-order chi connectivity index (χ0) is 14.5. The molecule has 0 saturated carbocycles. The second kappa shape index (κ2) is 6.21. The van der Waals surface area contributed by atoms with E-state index < -0.39 is 0 Å². The van der Waals surface area contributed by atoms with Gasteiger partial charge in [-0.2, -0.15) is 0 Å². The van der Waals surface area contributed by atoms with E-state index in [9.17, 15) is 4.79 Å². The van der Waals surface area contributed by atoms with E-state index in [0.29, 0.717) is 6.54 Å². The molecule has 6 heteroatoms. The smallest absolute Gasteiger partial charge is 0.265 e. The first kappa shape index (κ1) is 13.4. The van der Waals surface area contributed by atoms with Gasteiger partial charge >= 0.3 is 0 Å². The summed E-state index contributed by atoms with van der Waals surface area (Å²) in [4.78, 5) is 21.9. The average molecular weight is 284 g/mol. The third kappa shape index (κ3) is 3.10. The van der Waals surface area contributed by atoms with Crippen LogP contribution in [0.25, 0.3) is 0 Å². The lowest BCUT2D eigenvalue weighted by molar-refractivity contribution is -0.121. The van der Waals surface area contributed by atoms with Gasteiger partial charge in [-0.25, -0.2) is 4.98 Å². The van der Waals surface area contributed by atoms with E-state index in [0.717, 1.165) is 30.2 Å². The number of carbonyl (C=O) groups excluding carboxylic acids is 1. The summed E-state index contributed by atoms with van der Waals surface area (Å²) in [7, 11) is 0. The lowest BCUT2D eigenvalue weighted by atomic mass is 10.2. The number of ether oxygens (including phenoxy) is 1. The fourth-order valence-electron chi connectivity index (χ4n) is 2.24. The highest BCUT2D eigenvalue weighted by atomic mass is 16.5. The molecule has 0 saturated heterocycles. The quantitative estimate of drug-likeness (QED) is 0.847. The van der Waals surface area contributed by atoms with Gasteiger partial charge in [-0.05, 0) is 18.6 Å². The summed E-state index contributed by atoms with van der Waals surface area (Å²) in [6.07, 6.45) is 5.77. The van der Waals surface area contributed by atoms with Crippen LogP contribution in [0, 0.1) is 0 Å². The normalized spacial score (nSPS) is 13.5. The molecule has 2 aromatic rings. The Morgan fingerprint density at radius 1 is 1.29 bits per heavy atom. The molecule has 0 radical (unpaired) electrons. The van der Waals surface area contributed by atoms with Gasteiger partial charge in [0.2, 0.25) is 0 Å². The standard InChI is InChI=1S/C15H16N4O2/c20-15-11-21-13-5-2-1-4-12(13)19(15)9-3-6-17-14-10-16-7-8-18-14/h1-2,4-5,7-8,10H,3,6,9,11H2,(H,17,18). The van der Waals surface area contributed by atoms with Crippen molar-refractivity contribution >= 4 is 17.4 Å². The van der Waals surface area contributed by atoms with Gasteiger partial charge in [0.25, 0.3) is 5.91 Å². The lowest BCUT2D eigenvalue weighted by Gasteiger charge is -2.29. The zero-order valence-electron chi connectivity index (χ0n) is 11.5. The van der Waals surface area contributed by atoms with Crippen molar-refractivity contribution in [1.29, 1.82) is 0 Å². The Morgan fingerprint density at radius 2 is 2.19 bits per heavy atom. The van der Waals surface area contributed by atoms with E-state index in [1.54, 1.807) is 23.5 Å². The highest BCUT2D eigenvalue weighted by Gasteiger charge is 2.24. The maximum atomic E-state index is 12.0. The molecule has 0 atom stereocenters. The summed E-state index contributed by atoms with van der Waals surface area (Å²) >= 11 is 0. The van der Waals surface area contributed by atoms with Crippen LogP contribution in [0.4, 0.5) is 11.5 Å². The third-order valence-electron chi connectivity index (χ3n) is 3.24. The highest BCUT2D eigenvalue weighted by Crippen LogP contribution is 2.31. The number of nitrogens with one attached hydrogen (secondary N) is 1. The van der Waals surface area contributed by atoms with Crippen molar-refractivity contribution in [1.82, 2.24) is 9.97 Å². The second-order valence-electron chi connectivity index (χ2n) is 4.67. The lowest BCUT2D eigenvalue weighted by Crippen LogP contribution is -2.39. The fraction of sp³-hybridized carbons (Fsp3) is 0.267. The summed E-state index contributed by atoms with van der Waals surface area (Å²) in [5.74, 6) is 1.50. The molecule has 2 heterocycles. The predicted molar refractivity (Wildman–Crippen MR) is 79.4 cm³/mol. The number of benzene rings is 1. The first-order chi connectivity index (χ1) is 10.3. The summed E-state index contributed by atoms with van der Waals surface area (Å²) in [5.41, 5.74) is 0.841. The van der Waals surface area contributed by atoms with Gasteiger partial charge in [-0.3, -0.25) is 9.78 Å². The Morgan fingerprint density at radius 3 is 3.05 bits per heavy atom. The summed E-state index contributed by atoms with van der Waals surface area (Å²) in [6.45, 7) is 1.48. The molecule has 0 spiro atoms. The van der Waals surface area contributed by atoms with Gasteiger partial charge < -0.3 is 15.0 Å². The van der Waals surface area contributed by atoms with Gasteiger partial charge in [0, 0.05) is 25.5 Å². The molecule has 1 amide bonds. The third-order valence-corrected chi connectivity index (χ3v) is 3.24. The second-order valence-corrected chi connectivity index (χ2v) is 4.67. The maximum Gasteiger partial charge on any atom is 0.265 e. The number of nitrogens with zero attached hydrogens (tertiary/aromatic N) is 3. The van der Waals surface area contributed by atoms with E-state index in [4.69, 9.17) is 4.74 Å². The Kier molecular flexibility index (Phi) is 3.95. The van der Waals surface area contributed by atoms with Crippen LogP contribution in [0.15, 0.2) is 42.9 Å². The topological polar surface area (TPSA) is 67.3 Å². The van der Waals surface area contributed by atoms with Gasteiger partial charge in [0.05, 0.1) is 11.9 Å². The predicted octanol–water partition coefficient (Wildman–Crippen LogP) is 1.70. The fourth-order valence-corrected chi connectivity index (χ4v) is 2.24. The largest absolute Gasteiger partial charge is 0.482 e. The Labute approximate surface area is 122 Å². The first-order valence-electron chi connectivity index (χ1n) is 6.87. The van der Waals surface area contributed by atoms with Crippen LogP contribution in [0.3, 0.4) is 0 Å². The molecule has 21 heavy (non-hydrogen) atoms. The molecule has 1 aliphatic heterocycles. The Hall–Kier alpha value is -2.63. The minimum atomic E-state index is -0.00629. The van der Waals surface area contributed by atoms with Gasteiger partial charge in [-0.1, -0.05) is 12.1 Å². The van der Waals surface area contributed by atoms with Crippen LogP contribution in [-0.2, 0) is 4.79 Å². The average Bonchev–Trinajstić information content (AvgIpc) is 2.54. The zero-order valence-corrected chi connectivity index (χ0v) is 11.5. The molecule has 1 N–H and O–H groups in total. The molecular formula is C15H16N4O2. The number of amides is 1. The van der Waals surface area contributed by atoms with Gasteiger partial charge in [0.15, 0.2) is 6.61 Å². The first-order valence-corrected chi connectivity index (χ1v) is 6.87. The molecule has 3 rings (SSSR count). The van der Waals surface area contributed by atoms with Crippen LogP contribution >= 0.6 is 0 Å². The minimum absolute atomic E-state index is 0.00629. The summed E-state index contributed by atoms with van der Waals surface area (Å²) in [5, 5.41) is 3.18. The van der Waals surface area contributed by atoms with Gasteiger partial charge in [0.1, 0.15) is 11.6 Å². The Bertz CT molecular complexity index is 618. The minimum Gasteiger partial charge on any atom is -0.482 e. The number of hydrogen-bond donors (Lipinski definition) is 1. The van der Waals surface area contributed by atoms with Crippen molar-refractivity contribution in [3.63, 3.8) is 0 Å². The van der Waals surface area contributed by atoms with Gasteiger partial charge in [-0.15, -0.1) is 0 Å². The number of aromatic nitrogens is 2. The van der Waals surface area contributed by atoms with E-state index in [2.05, 4.69) is 15.3 Å². The van der Waals surface area contributed by atoms with Crippen LogP contribution in [-0.4, -0.2) is 35.6 Å². The SMILES string of the molecule is O=C1COc2ccccc2N1CCCNc1cnccn1. The van der Waals surface area contributed by atoms with Crippen molar-refractivity contribution in [2.45, 2.75) is 6.42 Å². The summed E-state index contributed by atoms with van der Waals surface area (Å²) in [6, 6.07) is 7.60. The van der Waals surface area contributed by atoms with Crippen molar-refractivity contribution in [3.8, 4) is 5.75 Å². The van der Waals surface area contributed by atoms with Crippen molar-refractivity contribution in [2.75, 3.05) is 29.9 Å². The molecule has 1 aromatic heterocycles. The van der Waals surface area contributed by atoms with Crippen LogP contribution in [0.1, 0.15) is 6.42 Å². The Balaban J connectivity index is 1.56. The molecule has 108 valence electrons. The molecule has 0 bridgehead atoms. The maximum absolute atomic E-state index is 12.0. The number of fused-ring (bicyclic) bond motifs is 1. The van der Waals surface area contributed by atoms with Crippen molar-refractivity contribution in [3.05, 3.63) is 42.9 Å². The number of carbonyl (C=O) groups is 1. The summed E-state index contributed by atoms with van der Waals surface area (Å²) < 4.78 is 5.42. The molecule has 0 unspecified atom stereocenters. The number of hydrogen-bond acceptors (Lipinski definition) is 5. The van der Waals surface area contributed by atoms with E-state index >= 15 is 0 Å². The molecule has 0 aliphatic carbocycles. The molecular weight excluding hydrogens is 268 g/mol. The number of rotatable bonds is 5. The number of para-hydroxylation sites is 2. The van der Waals surface area contributed by atoms with E-state index in [1.165, 1.54) is 0 Å². The highest BCUT2D eigenvalue weighted by molar-refractivity contribution is 5.97. The number of anilines is 2. The monoisotopic (exact) mass is 284 g/mol. The van der Waals surface area contributed by atoms with Crippen LogP contribution in [0.5, 0.6) is 5.75 Å². The van der Waals surface area contributed by atoms with Crippen molar-refractivity contribution in [2.24, 2.45) is 0 Å². The van der Waals surface area contributed by atoms with E-state index in [1.807, 2.05) is 24.3 Å². The molecule has 1 aromatic carbocycles. The molecule has 6 nitrogen and oxygen atoms in total. The van der Waals surface area contributed by atoms with Crippen LogP contribution in [0.2, 0.25) is 0 Å². The van der Waals surface area contributed by atoms with Crippen LogP contribution < -0.4 is 15.0 Å². The van der Waals surface area contributed by atoms with Crippen molar-refractivity contribution < 1.29 is 9.53 Å².